The molecule has 0 aliphatic heterocycles. The molecule has 0 bridgehead atoms. The molecule has 0 spiro atoms. The van der Waals surface area contributed by atoms with Crippen molar-refractivity contribution >= 4 is 29.0 Å². The van der Waals surface area contributed by atoms with Gasteiger partial charge in [-0.1, -0.05) is 13.0 Å². The van der Waals surface area contributed by atoms with E-state index in [1.807, 2.05) is 13.0 Å². The van der Waals surface area contributed by atoms with Crippen LogP contribution in [0.2, 0.25) is 0 Å². The van der Waals surface area contributed by atoms with Gasteiger partial charge in [0, 0.05) is 11.7 Å². The van der Waals surface area contributed by atoms with Gasteiger partial charge >= 0.3 is 5.97 Å². The lowest BCUT2D eigenvalue weighted by atomic mass is 10.1. The molecule has 0 aliphatic carbocycles. The number of carbonyl (C=O) groups excluding carboxylic acids is 1. The van der Waals surface area contributed by atoms with E-state index in [9.17, 15) is 4.79 Å². The Morgan fingerprint density at radius 2 is 2.10 bits per heavy atom. The first-order valence-corrected chi connectivity index (χ1v) is 7.24. The van der Waals surface area contributed by atoms with E-state index >= 15 is 0 Å². The quantitative estimate of drug-likeness (QED) is 0.645. The molecule has 0 amide bonds. The molecule has 1 rings (SSSR count). The molecule has 0 heterocycles. The van der Waals surface area contributed by atoms with E-state index in [0.29, 0.717) is 23.3 Å². The summed E-state index contributed by atoms with van der Waals surface area (Å²) in [6.07, 6.45) is 0.990. The standard InChI is InChI=1S/C15H22N2O2S/c1-5-11(4)16-15(20)17-13-9-12(8-7-10(13)3)14(18)19-6-2/h7-9,11H,5-6H2,1-4H3,(H2,16,17,20)/t11-/m1/s1. The van der Waals surface area contributed by atoms with E-state index < -0.39 is 0 Å². The zero-order valence-corrected chi connectivity index (χ0v) is 13.3. The molecule has 4 nitrogen and oxygen atoms in total. The number of aryl methyl sites for hydroxylation is 1. The van der Waals surface area contributed by atoms with Gasteiger partial charge in [-0.15, -0.1) is 0 Å². The van der Waals surface area contributed by atoms with Gasteiger partial charge in [0.1, 0.15) is 0 Å². The summed E-state index contributed by atoms with van der Waals surface area (Å²) >= 11 is 5.26. The molecule has 110 valence electrons. The second-order valence-corrected chi connectivity index (χ2v) is 5.07. The van der Waals surface area contributed by atoms with Crippen LogP contribution in [0.5, 0.6) is 0 Å². The largest absolute Gasteiger partial charge is 0.462 e. The van der Waals surface area contributed by atoms with Crippen molar-refractivity contribution in [1.82, 2.24) is 5.32 Å². The van der Waals surface area contributed by atoms with Gasteiger partial charge in [-0.05, 0) is 57.1 Å². The van der Waals surface area contributed by atoms with Crippen LogP contribution >= 0.6 is 12.2 Å². The minimum atomic E-state index is -0.323. The monoisotopic (exact) mass is 294 g/mol. The Labute approximate surface area is 125 Å². The van der Waals surface area contributed by atoms with Crippen molar-refractivity contribution in [3.8, 4) is 0 Å². The van der Waals surface area contributed by atoms with Crippen LogP contribution in [0.3, 0.4) is 0 Å². The molecular formula is C15H22N2O2S. The summed E-state index contributed by atoms with van der Waals surface area (Å²) in [6.45, 7) is 8.27. The number of carbonyl (C=O) groups is 1. The normalized spacial score (nSPS) is 11.6. The minimum Gasteiger partial charge on any atom is -0.462 e. The fourth-order valence-corrected chi connectivity index (χ4v) is 1.89. The smallest absolute Gasteiger partial charge is 0.338 e. The lowest BCUT2D eigenvalue weighted by Crippen LogP contribution is -2.35. The zero-order chi connectivity index (χ0) is 15.1. The third-order valence-electron chi connectivity index (χ3n) is 2.99. The molecule has 2 N–H and O–H groups in total. The number of rotatable bonds is 5. The summed E-state index contributed by atoms with van der Waals surface area (Å²) in [6, 6.07) is 5.70. The lowest BCUT2D eigenvalue weighted by molar-refractivity contribution is 0.0526. The number of benzene rings is 1. The Morgan fingerprint density at radius 3 is 2.70 bits per heavy atom. The third-order valence-corrected chi connectivity index (χ3v) is 3.21. The van der Waals surface area contributed by atoms with Crippen molar-refractivity contribution < 1.29 is 9.53 Å². The van der Waals surface area contributed by atoms with Crippen LogP contribution in [0.1, 0.15) is 43.1 Å². The molecular weight excluding hydrogens is 272 g/mol. The second kappa shape index (κ2) is 7.85. The Balaban J connectivity index is 2.81. The van der Waals surface area contributed by atoms with Crippen LogP contribution in [-0.4, -0.2) is 23.7 Å². The molecule has 1 aromatic carbocycles. The number of ether oxygens (including phenoxy) is 1. The highest BCUT2D eigenvalue weighted by atomic mass is 32.1. The van der Waals surface area contributed by atoms with Gasteiger partial charge in [0.05, 0.1) is 12.2 Å². The van der Waals surface area contributed by atoms with Crippen LogP contribution in [-0.2, 0) is 4.74 Å². The Morgan fingerprint density at radius 1 is 1.40 bits per heavy atom. The van der Waals surface area contributed by atoms with E-state index in [-0.39, 0.29) is 5.97 Å². The highest BCUT2D eigenvalue weighted by molar-refractivity contribution is 7.80. The highest BCUT2D eigenvalue weighted by Gasteiger charge is 2.10. The molecule has 0 aliphatic rings. The number of esters is 1. The lowest BCUT2D eigenvalue weighted by Gasteiger charge is -2.17. The van der Waals surface area contributed by atoms with Crippen molar-refractivity contribution in [2.24, 2.45) is 0 Å². The fraction of sp³-hybridized carbons (Fsp3) is 0.467. The first-order valence-electron chi connectivity index (χ1n) is 6.83. The number of anilines is 1. The van der Waals surface area contributed by atoms with Gasteiger partial charge in [0.2, 0.25) is 0 Å². The molecule has 0 saturated heterocycles. The Hall–Kier alpha value is -1.62. The summed E-state index contributed by atoms with van der Waals surface area (Å²) in [4.78, 5) is 11.7. The summed E-state index contributed by atoms with van der Waals surface area (Å²) in [7, 11) is 0. The number of nitrogens with one attached hydrogen (secondary N) is 2. The maximum absolute atomic E-state index is 11.7. The predicted molar refractivity (Wildman–Crippen MR) is 86.2 cm³/mol. The van der Waals surface area contributed by atoms with Crippen molar-refractivity contribution in [3.63, 3.8) is 0 Å². The van der Waals surface area contributed by atoms with Crippen molar-refractivity contribution in [2.75, 3.05) is 11.9 Å². The average Bonchev–Trinajstić information content (AvgIpc) is 2.41. The van der Waals surface area contributed by atoms with E-state index in [2.05, 4.69) is 24.5 Å². The van der Waals surface area contributed by atoms with Gasteiger partial charge in [0.15, 0.2) is 5.11 Å². The molecule has 0 aromatic heterocycles. The topological polar surface area (TPSA) is 50.4 Å². The molecule has 5 heteroatoms. The summed E-state index contributed by atoms with van der Waals surface area (Å²) in [5.41, 5.74) is 2.36. The number of hydrogen-bond acceptors (Lipinski definition) is 3. The summed E-state index contributed by atoms with van der Waals surface area (Å²) < 4.78 is 4.99. The molecule has 20 heavy (non-hydrogen) atoms. The molecule has 0 fully saturated rings. The Bertz CT molecular complexity index is 489. The van der Waals surface area contributed by atoms with E-state index in [4.69, 9.17) is 17.0 Å². The van der Waals surface area contributed by atoms with E-state index in [1.165, 1.54) is 0 Å². The van der Waals surface area contributed by atoms with Gasteiger partial charge in [-0.2, -0.15) is 0 Å². The van der Waals surface area contributed by atoms with Gasteiger partial charge in [0.25, 0.3) is 0 Å². The first-order chi connectivity index (χ1) is 9.47. The maximum atomic E-state index is 11.7. The fourth-order valence-electron chi connectivity index (χ4n) is 1.58. The van der Waals surface area contributed by atoms with Crippen molar-refractivity contribution in [2.45, 2.75) is 40.2 Å². The average molecular weight is 294 g/mol. The SMILES string of the molecule is CCOC(=O)c1ccc(C)c(NC(=S)N[C@H](C)CC)c1. The van der Waals surface area contributed by atoms with Crippen LogP contribution in [0.15, 0.2) is 18.2 Å². The van der Waals surface area contributed by atoms with Gasteiger partial charge in [-0.25, -0.2) is 4.79 Å². The second-order valence-electron chi connectivity index (χ2n) is 4.66. The van der Waals surface area contributed by atoms with E-state index in [1.54, 1.807) is 19.1 Å². The molecule has 0 saturated carbocycles. The summed E-state index contributed by atoms with van der Waals surface area (Å²) in [5, 5.41) is 6.87. The maximum Gasteiger partial charge on any atom is 0.338 e. The van der Waals surface area contributed by atoms with Gasteiger partial charge in [-0.3, -0.25) is 0 Å². The third kappa shape index (κ3) is 4.81. The number of hydrogen-bond donors (Lipinski definition) is 2. The zero-order valence-electron chi connectivity index (χ0n) is 12.4. The minimum absolute atomic E-state index is 0.309. The first kappa shape index (κ1) is 16.4. The molecule has 0 unspecified atom stereocenters. The van der Waals surface area contributed by atoms with Crippen LogP contribution in [0, 0.1) is 6.92 Å². The molecule has 0 radical (unpaired) electrons. The molecule has 1 atom stereocenters. The molecule has 1 aromatic rings. The van der Waals surface area contributed by atoms with Crippen LogP contribution < -0.4 is 10.6 Å². The highest BCUT2D eigenvalue weighted by Crippen LogP contribution is 2.17. The van der Waals surface area contributed by atoms with Crippen LogP contribution in [0.25, 0.3) is 0 Å². The summed E-state index contributed by atoms with van der Waals surface area (Å²) in [5.74, 6) is -0.323. The van der Waals surface area contributed by atoms with E-state index in [0.717, 1.165) is 17.7 Å². The van der Waals surface area contributed by atoms with Crippen molar-refractivity contribution in [1.29, 1.82) is 0 Å². The predicted octanol–water partition coefficient (Wildman–Crippen LogP) is 3.26. The van der Waals surface area contributed by atoms with Gasteiger partial charge < -0.3 is 15.4 Å². The Kier molecular flexibility index (Phi) is 6.45. The van der Waals surface area contributed by atoms with Crippen molar-refractivity contribution in [3.05, 3.63) is 29.3 Å². The van der Waals surface area contributed by atoms with Crippen LogP contribution in [0.4, 0.5) is 5.69 Å². The number of thiocarbonyl (C=S) groups is 1.